The van der Waals surface area contributed by atoms with Gasteiger partial charge in [0.15, 0.2) is 0 Å². The molecule has 2 fully saturated rings. The second kappa shape index (κ2) is 6.68. The number of amides is 1. The third-order valence-electron chi connectivity index (χ3n) is 4.00. The van der Waals surface area contributed by atoms with Crippen LogP contribution in [0.1, 0.15) is 39.0 Å². The fourth-order valence-corrected chi connectivity index (χ4v) is 2.67. The van der Waals surface area contributed by atoms with E-state index in [1.165, 1.54) is 0 Å². The second-order valence-electron chi connectivity index (χ2n) is 5.46. The van der Waals surface area contributed by atoms with E-state index in [-0.39, 0.29) is 11.7 Å². The highest BCUT2D eigenvalue weighted by Crippen LogP contribution is 2.42. The van der Waals surface area contributed by atoms with Crippen LogP contribution in [0.15, 0.2) is 0 Å². The fraction of sp³-hybridized carbons (Fsp3) is 0.929. The Bertz CT molecular complexity index is 305. The maximum Gasteiger partial charge on any atom is 0.244 e. The molecular formula is C14H26N2O3. The molecule has 19 heavy (non-hydrogen) atoms. The van der Waals surface area contributed by atoms with E-state index in [1.807, 2.05) is 4.90 Å². The lowest BCUT2D eigenvalue weighted by Gasteiger charge is -2.22. The van der Waals surface area contributed by atoms with Gasteiger partial charge < -0.3 is 14.4 Å². The van der Waals surface area contributed by atoms with Crippen molar-refractivity contribution >= 4 is 5.91 Å². The maximum atomic E-state index is 12.3. The normalized spacial score (nSPS) is 24.4. The standard InChI is InChI=1S/C14H26N2O3/c1-3-12-15-14(6-7-14)13(17)16(12)8-4-5-9-19-11-10-18-2/h12,15H,3-11H2,1-2H3. The number of rotatable bonds is 9. The zero-order valence-corrected chi connectivity index (χ0v) is 12.1. The lowest BCUT2D eigenvalue weighted by atomic mass is 10.2. The molecule has 1 unspecified atom stereocenters. The second-order valence-corrected chi connectivity index (χ2v) is 5.46. The van der Waals surface area contributed by atoms with Crippen molar-refractivity contribution in [3.8, 4) is 0 Å². The van der Waals surface area contributed by atoms with Crippen molar-refractivity contribution in [2.75, 3.05) is 33.5 Å². The minimum absolute atomic E-state index is 0.171. The summed E-state index contributed by atoms with van der Waals surface area (Å²) >= 11 is 0. The van der Waals surface area contributed by atoms with E-state index in [4.69, 9.17) is 9.47 Å². The van der Waals surface area contributed by atoms with Crippen LogP contribution in [0.4, 0.5) is 0 Å². The summed E-state index contributed by atoms with van der Waals surface area (Å²) in [5.74, 6) is 0.319. The Labute approximate surface area is 115 Å². The Morgan fingerprint density at radius 1 is 1.32 bits per heavy atom. The average Bonchev–Trinajstić information content (AvgIpc) is 3.15. The minimum atomic E-state index is -0.171. The molecule has 0 bridgehead atoms. The van der Waals surface area contributed by atoms with Crippen LogP contribution in [0, 0.1) is 0 Å². The van der Waals surface area contributed by atoms with Crippen molar-refractivity contribution in [3.63, 3.8) is 0 Å². The number of unbranched alkanes of at least 4 members (excludes halogenated alkanes) is 1. The quantitative estimate of drug-likeness (QED) is 0.638. The van der Waals surface area contributed by atoms with Gasteiger partial charge in [-0.3, -0.25) is 10.1 Å². The van der Waals surface area contributed by atoms with Gasteiger partial charge in [0.2, 0.25) is 5.91 Å². The minimum Gasteiger partial charge on any atom is -0.382 e. The van der Waals surface area contributed by atoms with Gasteiger partial charge in [0, 0.05) is 20.3 Å². The van der Waals surface area contributed by atoms with E-state index in [9.17, 15) is 4.79 Å². The third-order valence-corrected chi connectivity index (χ3v) is 4.00. The van der Waals surface area contributed by atoms with Crippen molar-refractivity contribution in [1.29, 1.82) is 0 Å². The van der Waals surface area contributed by atoms with Gasteiger partial charge in [-0.25, -0.2) is 0 Å². The SMILES string of the molecule is CCC1NC2(CC2)C(=O)N1CCCCOCCOC. The van der Waals surface area contributed by atoms with Crippen molar-refractivity contribution in [2.45, 2.75) is 50.7 Å². The van der Waals surface area contributed by atoms with E-state index in [0.29, 0.717) is 19.1 Å². The molecule has 1 heterocycles. The number of hydrogen-bond acceptors (Lipinski definition) is 4. The van der Waals surface area contributed by atoms with Gasteiger partial charge in [-0.2, -0.15) is 0 Å². The van der Waals surface area contributed by atoms with Crippen LogP contribution in [-0.4, -0.2) is 56.0 Å². The first-order valence-corrected chi connectivity index (χ1v) is 7.39. The molecule has 1 N–H and O–H groups in total. The highest BCUT2D eigenvalue weighted by molar-refractivity contribution is 5.91. The lowest BCUT2D eigenvalue weighted by molar-refractivity contribution is -0.130. The van der Waals surface area contributed by atoms with E-state index in [2.05, 4.69) is 12.2 Å². The molecule has 1 aliphatic carbocycles. The molecule has 0 radical (unpaired) electrons. The van der Waals surface area contributed by atoms with Gasteiger partial charge >= 0.3 is 0 Å². The Balaban J connectivity index is 1.63. The van der Waals surface area contributed by atoms with Gasteiger partial charge in [-0.15, -0.1) is 0 Å². The number of hydrogen-bond donors (Lipinski definition) is 1. The topological polar surface area (TPSA) is 50.8 Å². The molecule has 1 aliphatic heterocycles. The van der Waals surface area contributed by atoms with Gasteiger partial charge in [0.05, 0.1) is 24.9 Å². The number of nitrogens with zero attached hydrogens (tertiary/aromatic N) is 1. The monoisotopic (exact) mass is 270 g/mol. The van der Waals surface area contributed by atoms with Crippen LogP contribution in [0.5, 0.6) is 0 Å². The summed E-state index contributed by atoms with van der Waals surface area (Å²) in [6, 6.07) is 0. The molecule has 0 aromatic rings. The molecule has 5 heteroatoms. The Morgan fingerprint density at radius 2 is 2.11 bits per heavy atom. The Hall–Kier alpha value is -0.650. The van der Waals surface area contributed by atoms with Gasteiger partial charge in [0.25, 0.3) is 0 Å². The summed E-state index contributed by atoms with van der Waals surface area (Å²) in [5, 5.41) is 3.49. The summed E-state index contributed by atoms with van der Waals surface area (Å²) in [6.45, 7) is 5.03. The molecule has 0 aromatic carbocycles. The van der Waals surface area contributed by atoms with Crippen molar-refractivity contribution in [2.24, 2.45) is 0 Å². The smallest absolute Gasteiger partial charge is 0.244 e. The Kier molecular flexibility index (Phi) is 5.19. The first-order valence-electron chi connectivity index (χ1n) is 7.39. The lowest BCUT2D eigenvalue weighted by Crippen LogP contribution is -2.37. The van der Waals surface area contributed by atoms with Gasteiger partial charge in [-0.1, -0.05) is 6.92 Å². The van der Waals surface area contributed by atoms with E-state index >= 15 is 0 Å². The number of nitrogens with one attached hydrogen (secondary N) is 1. The molecule has 5 nitrogen and oxygen atoms in total. The van der Waals surface area contributed by atoms with E-state index in [1.54, 1.807) is 7.11 Å². The van der Waals surface area contributed by atoms with Gasteiger partial charge in [-0.05, 0) is 32.1 Å². The highest BCUT2D eigenvalue weighted by Gasteiger charge is 2.58. The van der Waals surface area contributed by atoms with Gasteiger partial charge in [0.1, 0.15) is 0 Å². The summed E-state index contributed by atoms with van der Waals surface area (Å²) < 4.78 is 10.3. The van der Waals surface area contributed by atoms with Crippen molar-refractivity contribution < 1.29 is 14.3 Å². The van der Waals surface area contributed by atoms with Crippen LogP contribution in [-0.2, 0) is 14.3 Å². The molecule has 1 spiro atoms. The van der Waals surface area contributed by atoms with Crippen molar-refractivity contribution in [3.05, 3.63) is 0 Å². The highest BCUT2D eigenvalue weighted by atomic mass is 16.5. The molecule has 110 valence electrons. The molecule has 1 atom stereocenters. The zero-order chi connectivity index (χ0) is 13.7. The summed E-state index contributed by atoms with van der Waals surface area (Å²) in [7, 11) is 1.67. The zero-order valence-electron chi connectivity index (χ0n) is 12.1. The molecule has 1 amide bonds. The molecule has 2 rings (SSSR count). The molecule has 2 aliphatic rings. The molecule has 0 aromatic heterocycles. The third kappa shape index (κ3) is 3.46. The van der Waals surface area contributed by atoms with Crippen LogP contribution in [0.2, 0.25) is 0 Å². The Morgan fingerprint density at radius 3 is 2.74 bits per heavy atom. The largest absolute Gasteiger partial charge is 0.382 e. The van der Waals surface area contributed by atoms with Crippen LogP contribution in [0.3, 0.4) is 0 Å². The molecular weight excluding hydrogens is 244 g/mol. The first-order chi connectivity index (χ1) is 9.23. The van der Waals surface area contributed by atoms with Crippen molar-refractivity contribution in [1.82, 2.24) is 10.2 Å². The number of methoxy groups -OCH3 is 1. The predicted molar refractivity (Wildman–Crippen MR) is 72.8 cm³/mol. The number of ether oxygens (including phenoxy) is 2. The first kappa shape index (κ1) is 14.8. The molecule has 1 saturated heterocycles. The van der Waals surface area contributed by atoms with E-state index < -0.39 is 0 Å². The number of carbonyl (C=O) groups excluding carboxylic acids is 1. The summed E-state index contributed by atoms with van der Waals surface area (Å²) in [5.41, 5.74) is -0.171. The van der Waals surface area contributed by atoms with Crippen LogP contribution in [0.25, 0.3) is 0 Å². The molecule has 1 saturated carbocycles. The number of carbonyl (C=O) groups is 1. The predicted octanol–water partition coefficient (Wildman–Crippen LogP) is 1.13. The van der Waals surface area contributed by atoms with Crippen LogP contribution >= 0.6 is 0 Å². The maximum absolute atomic E-state index is 12.3. The summed E-state index contributed by atoms with van der Waals surface area (Å²) in [4.78, 5) is 14.3. The fourth-order valence-electron chi connectivity index (χ4n) is 2.67. The van der Waals surface area contributed by atoms with Crippen LogP contribution < -0.4 is 5.32 Å². The summed E-state index contributed by atoms with van der Waals surface area (Å²) in [6.07, 6.45) is 5.25. The van der Waals surface area contributed by atoms with E-state index in [0.717, 1.165) is 45.3 Å². The average molecular weight is 270 g/mol.